The Balaban J connectivity index is 1.72. The molecular formula is C31H35F2N3O2. The summed E-state index contributed by atoms with van der Waals surface area (Å²) in [4.78, 5) is 20.0. The Kier molecular flexibility index (Phi) is 8.89. The summed E-state index contributed by atoms with van der Waals surface area (Å²) in [6.45, 7) is 7.29. The van der Waals surface area contributed by atoms with Gasteiger partial charge in [0, 0.05) is 42.9 Å². The zero-order valence-electron chi connectivity index (χ0n) is 22.2. The first-order valence-electron chi connectivity index (χ1n) is 13.0. The summed E-state index contributed by atoms with van der Waals surface area (Å²) in [5, 5.41) is 3.37. The Morgan fingerprint density at radius 2 is 1.58 bits per heavy atom. The maximum Gasteiger partial charge on any atom is 0.410 e. The first-order valence-corrected chi connectivity index (χ1v) is 13.0. The zero-order valence-corrected chi connectivity index (χ0v) is 22.2. The molecule has 1 heterocycles. The summed E-state index contributed by atoms with van der Waals surface area (Å²) in [7, 11) is 0. The minimum Gasteiger partial charge on any atom is -0.444 e. The van der Waals surface area contributed by atoms with Crippen LogP contribution in [0.15, 0.2) is 83.9 Å². The van der Waals surface area contributed by atoms with Crippen molar-refractivity contribution < 1.29 is 18.3 Å². The van der Waals surface area contributed by atoms with Gasteiger partial charge in [-0.1, -0.05) is 60.7 Å². The highest BCUT2D eigenvalue weighted by Crippen LogP contribution is 2.22. The van der Waals surface area contributed by atoms with Crippen molar-refractivity contribution in [2.75, 3.05) is 19.6 Å². The molecule has 1 saturated heterocycles. The minimum atomic E-state index is -0.621. The molecule has 0 aliphatic carbocycles. The SMILES string of the molecule is CC(C)(C)OC(=O)N1CCNC[C@@H]1CC(Cc1cc(F)cc(F)c1)N=C(c1ccccc1)c1ccccc1. The maximum atomic E-state index is 14.1. The van der Waals surface area contributed by atoms with Crippen LogP contribution in [0.2, 0.25) is 0 Å². The van der Waals surface area contributed by atoms with E-state index in [4.69, 9.17) is 9.73 Å². The summed E-state index contributed by atoms with van der Waals surface area (Å²) in [5.74, 6) is -1.24. The molecule has 0 spiro atoms. The molecule has 200 valence electrons. The van der Waals surface area contributed by atoms with Gasteiger partial charge in [-0.25, -0.2) is 13.6 Å². The fraction of sp³-hybridized carbons (Fsp3) is 0.355. The average Bonchev–Trinajstić information content (AvgIpc) is 2.87. The second-order valence-corrected chi connectivity index (χ2v) is 10.6. The van der Waals surface area contributed by atoms with E-state index >= 15 is 0 Å². The van der Waals surface area contributed by atoms with E-state index in [1.54, 1.807) is 4.90 Å². The molecule has 0 radical (unpaired) electrons. The van der Waals surface area contributed by atoms with Gasteiger partial charge in [0.2, 0.25) is 0 Å². The van der Waals surface area contributed by atoms with Crippen molar-refractivity contribution in [3.63, 3.8) is 0 Å². The molecule has 1 aliphatic heterocycles. The third kappa shape index (κ3) is 7.71. The lowest BCUT2D eigenvalue weighted by molar-refractivity contribution is 0.0105. The van der Waals surface area contributed by atoms with Gasteiger partial charge < -0.3 is 15.0 Å². The highest BCUT2D eigenvalue weighted by molar-refractivity contribution is 6.13. The highest BCUT2D eigenvalue weighted by Gasteiger charge is 2.32. The van der Waals surface area contributed by atoms with E-state index in [2.05, 4.69) is 5.32 Å². The molecule has 1 aliphatic rings. The van der Waals surface area contributed by atoms with Gasteiger partial charge in [0.15, 0.2) is 0 Å². The summed E-state index contributed by atoms with van der Waals surface area (Å²) >= 11 is 0. The Hall–Kier alpha value is -3.58. The number of rotatable bonds is 7. The second kappa shape index (κ2) is 12.3. The molecule has 4 rings (SSSR count). The van der Waals surface area contributed by atoms with Crippen molar-refractivity contribution in [3.8, 4) is 0 Å². The number of carbonyl (C=O) groups excluding carboxylic acids is 1. The van der Waals surface area contributed by atoms with E-state index in [0.29, 0.717) is 38.0 Å². The number of nitrogens with one attached hydrogen (secondary N) is 1. The monoisotopic (exact) mass is 519 g/mol. The van der Waals surface area contributed by atoms with Crippen LogP contribution in [-0.2, 0) is 11.2 Å². The predicted octanol–water partition coefficient (Wildman–Crippen LogP) is 6.01. The molecule has 0 aromatic heterocycles. The number of amides is 1. The van der Waals surface area contributed by atoms with Crippen molar-refractivity contribution in [2.24, 2.45) is 4.99 Å². The number of hydrogen-bond acceptors (Lipinski definition) is 4. The van der Waals surface area contributed by atoms with Gasteiger partial charge in [-0.2, -0.15) is 0 Å². The highest BCUT2D eigenvalue weighted by atomic mass is 19.1. The molecule has 2 atom stereocenters. The van der Waals surface area contributed by atoms with Crippen molar-refractivity contribution in [1.82, 2.24) is 10.2 Å². The largest absolute Gasteiger partial charge is 0.444 e. The summed E-state index contributed by atoms with van der Waals surface area (Å²) in [5.41, 5.74) is 2.58. The number of nitrogens with zero attached hydrogens (tertiary/aromatic N) is 2. The normalized spacial score (nSPS) is 16.6. The first kappa shape index (κ1) is 27.5. The Morgan fingerprint density at radius 1 is 1.00 bits per heavy atom. The van der Waals surface area contributed by atoms with Gasteiger partial charge in [-0.3, -0.25) is 4.99 Å². The van der Waals surface area contributed by atoms with Crippen LogP contribution in [0.4, 0.5) is 13.6 Å². The van der Waals surface area contributed by atoms with Crippen LogP contribution in [0, 0.1) is 11.6 Å². The Morgan fingerprint density at radius 3 is 2.13 bits per heavy atom. The molecule has 1 amide bonds. The number of benzene rings is 3. The molecule has 1 fully saturated rings. The van der Waals surface area contributed by atoms with Crippen LogP contribution in [0.1, 0.15) is 43.9 Å². The lowest BCUT2D eigenvalue weighted by Crippen LogP contribution is -2.55. The smallest absolute Gasteiger partial charge is 0.410 e. The van der Waals surface area contributed by atoms with E-state index in [0.717, 1.165) is 22.9 Å². The molecule has 7 heteroatoms. The minimum absolute atomic E-state index is 0.196. The molecule has 38 heavy (non-hydrogen) atoms. The Labute approximate surface area is 223 Å². The quantitative estimate of drug-likeness (QED) is 0.389. The third-order valence-electron chi connectivity index (χ3n) is 6.32. The molecular weight excluding hydrogens is 484 g/mol. The van der Waals surface area contributed by atoms with Crippen LogP contribution >= 0.6 is 0 Å². The lowest BCUT2D eigenvalue weighted by atomic mass is 9.96. The molecule has 3 aromatic rings. The van der Waals surface area contributed by atoms with Gasteiger partial charge in [0.05, 0.1) is 11.8 Å². The molecule has 0 bridgehead atoms. The van der Waals surface area contributed by atoms with Crippen molar-refractivity contribution in [2.45, 2.75) is 51.3 Å². The summed E-state index contributed by atoms with van der Waals surface area (Å²) < 4.78 is 33.9. The van der Waals surface area contributed by atoms with E-state index in [-0.39, 0.29) is 18.2 Å². The van der Waals surface area contributed by atoms with Crippen LogP contribution in [0.5, 0.6) is 0 Å². The standard InChI is InChI=1S/C31H35F2N3O2/c1-31(2,3)38-30(37)36-15-14-34-21-28(36)20-27(18-22-16-25(32)19-26(33)17-22)35-29(23-10-6-4-7-11-23)24-12-8-5-9-13-24/h4-13,16-17,19,27-28,34H,14-15,18,20-21H2,1-3H3/t27?,28-/m0/s1. The maximum absolute atomic E-state index is 14.1. The fourth-order valence-corrected chi connectivity index (χ4v) is 4.72. The number of piperazine rings is 1. The third-order valence-corrected chi connectivity index (χ3v) is 6.32. The number of hydrogen-bond donors (Lipinski definition) is 1. The topological polar surface area (TPSA) is 53.9 Å². The second-order valence-electron chi connectivity index (χ2n) is 10.6. The van der Waals surface area contributed by atoms with E-state index in [1.165, 1.54) is 12.1 Å². The Bertz CT molecular complexity index is 1180. The van der Waals surface area contributed by atoms with Gasteiger partial charge in [-0.05, 0) is 51.3 Å². The molecule has 1 unspecified atom stereocenters. The molecule has 0 saturated carbocycles. The van der Waals surface area contributed by atoms with Crippen LogP contribution in [0.25, 0.3) is 0 Å². The van der Waals surface area contributed by atoms with Crippen molar-refractivity contribution in [3.05, 3.63) is 107 Å². The van der Waals surface area contributed by atoms with E-state index < -0.39 is 17.2 Å². The van der Waals surface area contributed by atoms with Gasteiger partial charge >= 0.3 is 6.09 Å². The number of carbonyl (C=O) groups is 1. The number of aliphatic imine (C=N–C) groups is 1. The van der Waals surface area contributed by atoms with Crippen LogP contribution in [0.3, 0.4) is 0 Å². The van der Waals surface area contributed by atoms with E-state index in [1.807, 2.05) is 81.4 Å². The number of halogens is 2. The summed E-state index contributed by atoms with van der Waals surface area (Å²) in [6.07, 6.45) is 0.444. The molecule has 1 N–H and O–H groups in total. The van der Waals surface area contributed by atoms with Gasteiger partial charge in [0.25, 0.3) is 0 Å². The van der Waals surface area contributed by atoms with Gasteiger partial charge in [0.1, 0.15) is 17.2 Å². The number of ether oxygens (including phenoxy) is 1. The summed E-state index contributed by atoms with van der Waals surface area (Å²) in [6, 6.07) is 22.7. The van der Waals surface area contributed by atoms with Gasteiger partial charge in [-0.15, -0.1) is 0 Å². The van der Waals surface area contributed by atoms with E-state index in [9.17, 15) is 13.6 Å². The van der Waals surface area contributed by atoms with Crippen LogP contribution < -0.4 is 5.32 Å². The van der Waals surface area contributed by atoms with Crippen molar-refractivity contribution in [1.29, 1.82) is 0 Å². The zero-order chi connectivity index (χ0) is 27.1. The molecule has 5 nitrogen and oxygen atoms in total. The lowest BCUT2D eigenvalue weighted by Gasteiger charge is -2.38. The average molecular weight is 520 g/mol. The van der Waals surface area contributed by atoms with Crippen molar-refractivity contribution >= 4 is 11.8 Å². The molecule has 3 aromatic carbocycles. The fourth-order valence-electron chi connectivity index (χ4n) is 4.72. The predicted molar refractivity (Wildman–Crippen MR) is 147 cm³/mol. The van der Waals surface area contributed by atoms with Crippen LogP contribution in [-0.4, -0.2) is 54.0 Å². The first-order chi connectivity index (χ1) is 18.2.